The molecule has 22 aliphatic rings. The summed E-state index contributed by atoms with van der Waals surface area (Å²) in [5, 5.41) is 187. The molecule has 0 aliphatic carbocycles. The minimum absolute atomic E-state index is 0.0700. The van der Waals surface area contributed by atoms with E-state index in [2.05, 4.69) is 0 Å². The van der Waals surface area contributed by atoms with Crippen molar-refractivity contribution in [2.24, 2.45) is 0 Å². The van der Waals surface area contributed by atoms with Crippen molar-refractivity contribution in [2.45, 2.75) is 195 Å². The summed E-state index contributed by atoms with van der Waals surface area (Å²) in [6.45, 7) is -6.97. The van der Waals surface area contributed by atoms with E-state index in [-0.39, 0.29) is 6.92 Å². The Labute approximate surface area is 428 Å². The van der Waals surface area contributed by atoms with Gasteiger partial charge in [0.15, 0.2) is 37.7 Å². The molecule has 0 amide bonds. The van der Waals surface area contributed by atoms with Crippen LogP contribution >= 0.6 is 0 Å². The molecule has 22 aliphatic heterocycles. The molecule has 0 radical (unpaired) electrons. The van der Waals surface area contributed by atoms with Crippen molar-refractivity contribution in [1.82, 2.24) is 0 Å². The van der Waals surface area contributed by atoms with Gasteiger partial charge in [0.25, 0.3) is 0 Å². The lowest BCUT2D eigenvalue weighted by Crippen LogP contribution is -2.69. The van der Waals surface area contributed by atoms with Crippen LogP contribution in [0.4, 0.5) is 0 Å². The second-order valence-corrected chi connectivity index (χ2v) is 22.5. The molecule has 22 fully saturated rings. The lowest BCUT2D eigenvalue weighted by Gasteiger charge is -2.51. The molecular weight excluding hydrogens is 1100 g/mol. The van der Waals surface area contributed by atoms with E-state index in [1.54, 1.807) is 0 Å². The maximum absolute atomic E-state index is 12.6. The largest absolute Gasteiger partial charge is 0.394 e. The summed E-state index contributed by atoms with van der Waals surface area (Å²) in [6, 6.07) is 0. The van der Waals surface area contributed by atoms with E-state index in [0.29, 0.717) is 0 Å². The van der Waals surface area contributed by atoms with Gasteiger partial charge < -0.3 is 148 Å². The van der Waals surface area contributed by atoms with E-state index in [4.69, 9.17) is 61.6 Å². The van der Waals surface area contributed by atoms with Crippen molar-refractivity contribution in [2.75, 3.05) is 39.6 Å². The number of rotatable bonds is 10. The lowest BCUT2D eigenvalue weighted by atomic mass is 9.94. The molecule has 0 aromatic rings. The Kier molecular flexibility index (Phi) is 20.1. The predicted molar refractivity (Wildman–Crippen MR) is 226 cm³/mol. The monoisotopic (exact) mass is 1160 g/mol. The van der Waals surface area contributed by atoms with Crippen LogP contribution in [-0.4, -0.2) is 341 Å². The number of aliphatic hydroxyl groups excluding tert-OH is 17. The van der Waals surface area contributed by atoms with Crippen LogP contribution in [0.1, 0.15) is 6.92 Å². The molecule has 444 valence electrons. The maximum Gasteiger partial charge on any atom is 0.318 e. The predicted octanol–water partition coefficient (Wildman–Crippen LogP) is -13.6. The summed E-state index contributed by atoms with van der Waals surface area (Å²) in [7, 11) is -12.4. The number of aliphatic hydroxyl groups is 17. The fraction of sp³-hybridized carbons (Fsp3) is 1.00. The van der Waals surface area contributed by atoms with Gasteiger partial charge in [0.05, 0.1) is 39.6 Å². The molecule has 19 N–H and O–H groups in total. The van der Waals surface area contributed by atoms with Crippen LogP contribution in [0.2, 0.25) is 0 Å². The third-order valence-corrected chi connectivity index (χ3v) is 17.3. The van der Waals surface area contributed by atoms with Crippen molar-refractivity contribution in [3.05, 3.63) is 0 Å². The standard InChI is InChI=1S/C38H64O36S2/c1-38(75(56,57)58,76(59,60)61)74-31-24(55)37-67-13(7-44)30(31)73-36-23(54)18(49)28(11(5-42)66-36)71-34-21(52)16(47)26(9(3-40)64-34)69-32-19(50)14(45)25(8(2-39)62-32)68-33-20(51)15(46)27(10(4-41)63-33)70-35-22(53)17(48)29(72-37)12(6-43)65-35/h8-37,39-55H,2-7H2,1H3,(H,56,57,58)(H,59,60,61)/t8-,9-,10-,11-,12-,13-,14-,15-,16-,17-,18-,19-,20-,21-,22-,23-,24-,25-,26-,27-,28-,29-,30+,31-,32-,33-,34-,35-,36-,37-/m1/s1. The van der Waals surface area contributed by atoms with E-state index in [0.717, 1.165) is 0 Å². The molecule has 30 atom stereocenters. The fourth-order valence-corrected chi connectivity index (χ4v) is 11.1. The first-order valence-electron chi connectivity index (χ1n) is 23.2. The minimum atomic E-state index is -6.18. The molecule has 0 aromatic carbocycles. The molecule has 38 heteroatoms. The Bertz CT molecular complexity index is 2070. The number of hydrogen-bond acceptors (Lipinski definition) is 34. The van der Waals surface area contributed by atoms with Crippen LogP contribution in [0.25, 0.3) is 0 Å². The summed E-state index contributed by atoms with van der Waals surface area (Å²) in [4.78, 5) is 0. The Hall–Kier alpha value is -1.38. The molecule has 22 heterocycles. The van der Waals surface area contributed by atoms with Gasteiger partial charge in [-0.05, 0) is 6.92 Å². The summed E-state index contributed by atoms with van der Waals surface area (Å²) in [5.74, 6) is 0. The summed E-state index contributed by atoms with van der Waals surface area (Å²) in [5.41, 5.74) is 0. The van der Waals surface area contributed by atoms with Crippen molar-refractivity contribution in [3.63, 3.8) is 0 Å². The number of ether oxygens (including phenoxy) is 13. The minimum Gasteiger partial charge on any atom is -0.394 e. The van der Waals surface area contributed by atoms with Crippen LogP contribution in [0.3, 0.4) is 0 Å². The third-order valence-electron chi connectivity index (χ3n) is 13.9. The Morgan fingerprint density at radius 2 is 0.500 bits per heavy atom. The average Bonchev–Trinajstić information content (AvgIpc) is 3.37. The van der Waals surface area contributed by atoms with Crippen LogP contribution in [-0.2, 0) is 81.8 Å². The van der Waals surface area contributed by atoms with E-state index in [1.807, 2.05) is 0 Å². The second kappa shape index (κ2) is 24.6. The molecule has 36 nitrogen and oxygen atoms in total. The van der Waals surface area contributed by atoms with Crippen LogP contribution < -0.4 is 0 Å². The Morgan fingerprint density at radius 3 is 0.697 bits per heavy atom. The van der Waals surface area contributed by atoms with Gasteiger partial charge >= 0.3 is 24.5 Å². The normalized spacial score (nSPS) is 50.3. The van der Waals surface area contributed by atoms with Gasteiger partial charge in [-0.2, -0.15) is 16.8 Å². The first-order valence-corrected chi connectivity index (χ1v) is 26.1. The van der Waals surface area contributed by atoms with Gasteiger partial charge in [0, 0.05) is 0 Å². The summed E-state index contributed by atoms with van der Waals surface area (Å²) in [6.07, 6.45) is -65.7. The van der Waals surface area contributed by atoms with E-state index in [9.17, 15) is 113 Å². The average molecular weight is 1160 g/mol. The van der Waals surface area contributed by atoms with Gasteiger partial charge in [-0.3, -0.25) is 9.11 Å². The molecule has 22 saturated heterocycles. The summed E-state index contributed by atoms with van der Waals surface area (Å²) < 4.78 is 139. The highest BCUT2D eigenvalue weighted by Gasteiger charge is 2.62. The highest BCUT2D eigenvalue weighted by atomic mass is 32.3. The maximum atomic E-state index is 12.6. The third kappa shape index (κ3) is 11.8. The highest BCUT2D eigenvalue weighted by Crippen LogP contribution is 2.40. The zero-order chi connectivity index (χ0) is 56.3. The van der Waals surface area contributed by atoms with Gasteiger partial charge in [-0.15, -0.1) is 0 Å². The van der Waals surface area contributed by atoms with E-state index in [1.165, 1.54) is 0 Å². The zero-order valence-electron chi connectivity index (χ0n) is 39.3. The van der Waals surface area contributed by atoms with Crippen molar-refractivity contribution in [3.8, 4) is 0 Å². The first kappa shape index (κ1) is 62.2. The molecule has 0 unspecified atom stereocenters. The van der Waals surface area contributed by atoms with Crippen molar-refractivity contribution >= 4 is 20.2 Å². The SMILES string of the molecule is CC(O[C@@H]1[C@@H](O)[C@H]2O[C@H]3[C@H](O)[C@@H](O)[C@@H](O[C@H]4[C@H](O)[C@@H](O)[C@@H](O[C@H]5[C@H](O)[C@@H](O)[C@@H](O[C@H]6[C@H](O)[C@@H](O)[C@@H](O[C@H]7[C@H](O)[C@@H](O)[C@@H](O[C@H]1[C@@H](CO)O2)O[C@@H]7CO)O[C@@H]6CO)O[C@@H]5CO)O[C@@H]4CO)O[C@@H]3CO)(S(=O)(=O)O)S(=O)(=O)O. The summed E-state index contributed by atoms with van der Waals surface area (Å²) >= 11 is 0. The molecule has 22 rings (SSSR count). The van der Waals surface area contributed by atoms with Crippen molar-refractivity contribution in [1.29, 1.82) is 0 Å². The Morgan fingerprint density at radius 1 is 0.316 bits per heavy atom. The molecule has 0 spiro atoms. The molecule has 0 saturated carbocycles. The quantitative estimate of drug-likeness (QED) is 0.0903. The van der Waals surface area contributed by atoms with Gasteiger partial charge in [-0.1, -0.05) is 0 Å². The first-order chi connectivity index (χ1) is 35.6. The van der Waals surface area contributed by atoms with Crippen LogP contribution in [0.15, 0.2) is 0 Å². The van der Waals surface area contributed by atoms with E-state index < -0.39 is 248 Å². The molecular formula is C38H64O36S2. The smallest absolute Gasteiger partial charge is 0.318 e. The second-order valence-electron chi connectivity index (χ2n) is 18.7. The molecule has 76 heavy (non-hydrogen) atoms. The van der Waals surface area contributed by atoms with Crippen molar-refractivity contribution < 1.29 is 174 Å². The van der Waals surface area contributed by atoms with Gasteiger partial charge in [0.2, 0.25) is 0 Å². The van der Waals surface area contributed by atoms with Gasteiger partial charge in [-0.25, -0.2) is 0 Å². The van der Waals surface area contributed by atoms with Gasteiger partial charge in [0.1, 0.15) is 146 Å². The van der Waals surface area contributed by atoms with E-state index >= 15 is 0 Å². The lowest BCUT2D eigenvalue weighted by molar-refractivity contribution is -0.405. The Balaban J connectivity index is 1.27. The molecule has 12 bridgehead atoms. The topological polar surface area (TPSA) is 573 Å². The zero-order valence-corrected chi connectivity index (χ0v) is 40.9. The van der Waals surface area contributed by atoms with Crippen LogP contribution in [0.5, 0.6) is 0 Å². The van der Waals surface area contributed by atoms with Crippen LogP contribution in [0, 0.1) is 0 Å². The molecule has 0 aromatic heterocycles. The fourth-order valence-electron chi connectivity index (χ4n) is 9.55. The highest BCUT2D eigenvalue weighted by molar-refractivity contribution is 8.04. The number of hydrogen-bond donors (Lipinski definition) is 19.